The predicted molar refractivity (Wildman–Crippen MR) is 89.9 cm³/mol. The molecule has 1 N–H and O–H groups in total. The first kappa shape index (κ1) is 17.0. The molecule has 3 nitrogen and oxygen atoms in total. The highest BCUT2D eigenvalue weighted by Gasteiger charge is 2.23. The number of benzene rings is 1. The Labute approximate surface area is 134 Å². The van der Waals surface area contributed by atoms with E-state index in [-0.39, 0.29) is 17.4 Å². The normalized spacial score (nSPS) is 18.7. The standard InChI is InChI=1S/C19H29NO2/c1-19(2,3)16-10-8-15(9-11-16)6-4-5-7-18(22)20-13-12-17(21)14-20/h8-11,17,21H,4-7,12-14H2,1-3H3/t17-/m0/s1. The number of aliphatic hydroxyl groups excluding tert-OH is 1. The zero-order chi connectivity index (χ0) is 16.2. The van der Waals surface area contributed by atoms with Gasteiger partial charge < -0.3 is 10.0 Å². The van der Waals surface area contributed by atoms with Crippen LogP contribution in [-0.2, 0) is 16.6 Å². The quantitative estimate of drug-likeness (QED) is 0.848. The highest BCUT2D eigenvalue weighted by atomic mass is 16.3. The minimum Gasteiger partial charge on any atom is -0.391 e. The van der Waals surface area contributed by atoms with Crippen molar-refractivity contribution >= 4 is 5.91 Å². The SMILES string of the molecule is CC(C)(C)c1ccc(CCCCC(=O)N2CC[C@H](O)C2)cc1. The van der Waals surface area contributed by atoms with Gasteiger partial charge in [-0.25, -0.2) is 0 Å². The number of aryl methyl sites for hydroxylation is 1. The van der Waals surface area contributed by atoms with Crippen LogP contribution in [0.2, 0.25) is 0 Å². The third kappa shape index (κ3) is 4.84. The summed E-state index contributed by atoms with van der Waals surface area (Å²) in [5.74, 6) is 0.194. The van der Waals surface area contributed by atoms with Crippen LogP contribution >= 0.6 is 0 Å². The number of β-amino-alcohol motifs (C(OH)–C–C–N with tert-alkyl or cyclic N) is 1. The summed E-state index contributed by atoms with van der Waals surface area (Å²) < 4.78 is 0. The van der Waals surface area contributed by atoms with Crippen LogP contribution in [0.1, 0.15) is 57.6 Å². The third-order valence-corrected chi connectivity index (χ3v) is 4.44. The van der Waals surface area contributed by atoms with Crippen molar-refractivity contribution in [2.45, 2.75) is 64.4 Å². The van der Waals surface area contributed by atoms with Crippen LogP contribution in [0.4, 0.5) is 0 Å². The molecule has 2 rings (SSSR count). The topological polar surface area (TPSA) is 40.5 Å². The van der Waals surface area contributed by atoms with Crippen LogP contribution in [0.5, 0.6) is 0 Å². The molecule has 1 aromatic carbocycles. The van der Waals surface area contributed by atoms with Crippen LogP contribution < -0.4 is 0 Å². The van der Waals surface area contributed by atoms with Crippen LogP contribution in [0.15, 0.2) is 24.3 Å². The first-order valence-corrected chi connectivity index (χ1v) is 8.41. The monoisotopic (exact) mass is 303 g/mol. The van der Waals surface area contributed by atoms with Crippen molar-refractivity contribution in [3.05, 3.63) is 35.4 Å². The van der Waals surface area contributed by atoms with E-state index >= 15 is 0 Å². The number of hydrogen-bond donors (Lipinski definition) is 1. The van der Waals surface area contributed by atoms with Crippen molar-refractivity contribution in [3.63, 3.8) is 0 Å². The lowest BCUT2D eigenvalue weighted by Crippen LogP contribution is -2.29. The number of amides is 1. The van der Waals surface area contributed by atoms with Gasteiger partial charge in [-0.3, -0.25) is 4.79 Å². The molecule has 1 aliphatic heterocycles. The van der Waals surface area contributed by atoms with E-state index in [1.165, 1.54) is 11.1 Å². The number of carbonyl (C=O) groups is 1. The number of likely N-dealkylation sites (tertiary alicyclic amines) is 1. The van der Waals surface area contributed by atoms with Crippen molar-refractivity contribution in [3.8, 4) is 0 Å². The number of rotatable bonds is 5. The van der Waals surface area contributed by atoms with Crippen LogP contribution in [0, 0.1) is 0 Å². The van der Waals surface area contributed by atoms with Gasteiger partial charge in [0.2, 0.25) is 5.91 Å². The Morgan fingerprint density at radius 3 is 2.45 bits per heavy atom. The van der Waals surface area contributed by atoms with E-state index < -0.39 is 0 Å². The van der Waals surface area contributed by atoms with Crippen LogP contribution in [0.25, 0.3) is 0 Å². The first-order chi connectivity index (χ1) is 10.4. The van der Waals surface area contributed by atoms with E-state index in [2.05, 4.69) is 45.0 Å². The molecule has 0 unspecified atom stereocenters. The lowest BCUT2D eigenvalue weighted by molar-refractivity contribution is -0.130. The molecule has 0 saturated carbocycles. The number of unbranched alkanes of at least 4 members (excludes halogenated alkanes) is 1. The molecule has 1 fully saturated rings. The number of aliphatic hydroxyl groups is 1. The third-order valence-electron chi connectivity index (χ3n) is 4.44. The largest absolute Gasteiger partial charge is 0.391 e. The summed E-state index contributed by atoms with van der Waals surface area (Å²) >= 11 is 0. The molecule has 3 heteroatoms. The van der Waals surface area contributed by atoms with E-state index in [9.17, 15) is 9.90 Å². The highest BCUT2D eigenvalue weighted by molar-refractivity contribution is 5.76. The van der Waals surface area contributed by atoms with Gasteiger partial charge in [0, 0.05) is 19.5 Å². The van der Waals surface area contributed by atoms with E-state index in [0.29, 0.717) is 19.5 Å². The smallest absolute Gasteiger partial charge is 0.222 e. The molecular formula is C19H29NO2. The van der Waals surface area contributed by atoms with Gasteiger partial charge in [-0.2, -0.15) is 0 Å². The molecule has 0 bridgehead atoms. The highest BCUT2D eigenvalue weighted by Crippen LogP contribution is 2.22. The predicted octanol–water partition coefficient (Wildman–Crippen LogP) is 3.29. The molecule has 1 heterocycles. The second kappa shape index (κ2) is 7.28. The van der Waals surface area contributed by atoms with E-state index in [1.807, 2.05) is 0 Å². The maximum Gasteiger partial charge on any atom is 0.222 e. The van der Waals surface area contributed by atoms with Crippen molar-refractivity contribution in [1.82, 2.24) is 4.90 Å². The molecule has 0 aliphatic carbocycles. The Bertz CT molecular complexity index is 487. The maximum absolute atomic E-state index is 12.0. The van der Waals surface area contributed by atoms with Gasteiger partial charge in [0.1, 0.15) is 0 Å². The summed E-state index contributed by atoms with van der Waals surface area (Å²) in [7, 11) is 0. The molecular weight excluding hydrogens is 274 g/mol. The summed E-state index contributed by atoms with van der Waals surface area (Å²) in [6, 6.07) is 8.84. The Morgan fingerprint density at radius 1 is 1.23 bits per heavy atom. The molecule has 0 radical (unpaired) electrons. The summed E-state index contributed by atoms with van der Waals surface area (Å²) in [6.07, 6.45) is 4.01. The molecule has 1 atom stereocenters. The number of nitrogens with zero attached hydrogens (tertiary/aromatic N) is 1. The van der Waals surface area contributed by atoms with E-state index in [0.717, 1.165) is 25.7 Å². The van der Waals surface area contributed by atoms with Crippen molar-refractivity contribution < 1.29 is 9.90 Å². The Morgan fingerprint density at radius 2 is 1.91 bits per heavy atom. The van der Waals surface area contributed by atoms with E-state index in [4.69, 9.17) is 0 Å². The molecule has 122 valence electrons. The fourth-order valence-electron chi connectivity index (χ4n) is 2.90. The summed E-state index contributed by atoms with van der Waals surface area (Å²) in [6.45, 7) is 7.91. The Hall–Kier alpha value is -1.35. The molecule has 0 aromatic heterocycles. The maximum atomic E-state index is 12.0. The van der Waals surface area contributed by atoms with Gasteiger partial charge in [-0.1, -0.05) is 45.0 Å². The van der Waals surface area contributed by atoms with Crippen LogP contribution in [-0.4, -0.2) is 35.1 Å². The molecule has 22 heavy (non-hydrogen) atoms. The van der Waals surface area contributed by atoms with Crippen LogP contribution in [0.3, 0.4) is 0 Å². The van der Waals surface area contributed by atoms with E-state index in [1.54, 1.807) is 4.90 Å². The lowest BCUT2D eigenvalue weighted by Gasteiger charge is -2.19. The van der Waals surface area contributed by atoms with Crippen molar-refractivity contribution in [2.75, 3.05) is 13.1 Å². The van der Waals surface area contributed by atoms with Gasteiger partial charge >= 0.3 is 0 Å². The van der Waals surface area contributed by atoms with Gasteiger partial charge in [-0.15, -0.1) is 0 Å². The summed E-state index contributed by atoms with van der Waals surface area (Å²) in [5.41, 5.74) is 2.90. The fraction of sp³-hybridized carbons (Fsp3) is 0.632. The second-order valence-electron chi connectivity index (χ2n) is 7.44. The van der Waals surface area contributed by atoms with Gasteiger partial charge in [0.15, 0.2) is 0 Å². The minimum absolute atomic E-state index is 0.194. The zero-order valence-electron chi connectivity index (χ0n) is 14.1. The summed E-state index contributed by atoms with van der Waals surface area (Å²) in [4.78, 5) is 13.8. The van der Waals surface area contributed by atoms with Gasteiger partial charge in [0.25, 0.3) is 0 Å². The number of hydrogen-bond acceptors (Lipinski definition) is 2. The Kier molecular flexibility index (Phi) is 5.63. The fourth-order valence-corrected chi connectivity index (χ4v) is 2.90. The van der Waals surface area contributed by atoms with Gasteiger partial charge in [0.05, 0.1) is 6.10 Å². The van der Waals surface area contributed by atoms with Gasteiger partial charge in [-0.05, 0) is 42.2 Å². The average molecular weight is 303 g/mol. The zero-order valence-corrected chi connectivity index (χ0v) is 14.1. The lowest BCUT2D eigenvalue weighted by atomic mass is 9.86. The molecule has 1 aliphatic rings. The second-order valence-corrected chi connectivity index (χ2v) is 7.44. The number of carbonyl (C=O) groups excluding carboxylic acids is 1. The molecule has 0 spiro atoms. The molecule has 1 aromatic rings. The van der Waals surface area contributed by atoms with Crippen molar-refractivity contribution in [2.24, 2.45) is 0 Å². The minimum atomic E-state index is -0.315. The average Bonchev–Trinajstić information content (AvgIpc) is 2.89. The molecule has 1 saturated heterocycles. The summed E-state index contributed by atoms with van der Waals surface area (Å²) in [5, 5.41) is 9.45. The van der Waals surface area contributed by atoms with Crippen molar-refractivity contribution in [1.29, 1.82) is 0 Å². The Balaban J connectivity index is 1.69. The first-order valence-electron chi connectivity index (χ1n) is 8.41. The molecule has 1 amide bonds.